The number of para-hydroxylation sites is 1. The fourth-order valence-electron chi connectivity index (χ4n) is 3.40. The molecule has 7 heteroatoms. The molecule has 0 aliphatic carbocycles. The standard InChI is InChI=1S/C22H18Cl2N4O/c1-2-13-12-27-21-14(15(13)11-19-25-9-10-26-19)5-3-8-18(21)28-22(29)20-16(23)6-4-7-17(20)24/h3-10,12H,2,11H2,1H3,(H,25,26)(H,28,29). The number of carbonyl (C=O) groups is 1. The molecule has 0 aliphatic heterocycles. The fraction of sp³-hybridized carbons (Fsp3) is 0.136. The Morgan fingerprint density at radius 1 is 1.10 bits per heavy atom. The number of aromatic amines is 1. The monoisotopic (exact) mass is 424 g/mol. The molecule has 2 N–H and O–H groups in total. The van der Waals surface area contributed by atoms with Crippen molar-refractivity contribution in [3.8, 4) is 0 Å². The smallest absolute Gasteiger partial charge is 0.258 e. The third kappa shape index (κ3) is 3.84. The number of aromatic nitrogens is 3. The molecule has 29 heavy (non-hydrogen) atoms. The SMILES string of the molecule is CCc1cnc2c(NC(=O)c3c(Cl)cccc3Cl)cccc2c1Cc1ncc[nH]1. The Kier molecular flexibility index (Phi) is 5.51. The Morgan fingerprint density at radius 3 is 2.55 bits per heavy atom. The molecule has 5 nitrogen and oxygen atoms in total. The van der Waals surface area contributed by atoms with Crippen LogP contribution in [-0.2, 0) is 12.8 Å². The van der Waals surface area contributed by atoms with Gasteiger partial charge in [-0.1, -0.05) is 48.3 Å². The van der Waals surface area contributed by atoms with Crippen LogP contribution in [0.3, 0.4) is 0 Å². The van der Waals surface area contributed by atoms with Gasteiger partial charge in [0.2, 0.25) is 0 Å². The van der Waals surface area contributed by atoms with Gasteiger partial charge in [0, 0.05) is 30.4 Å². The summed E-state index contributed by atoms with van der Waals surface area (Å²) in [5.74, 6) is 0.506. The lowest BCUT2D eigenvalue weighted by atomic mass is 9.98. The number of carbonyl (C=O) groups excluding carboxylic acids is 1. The molecule has 0 bridgehead atoms. The van der Waals surface area contributed by atoms with Crippen molar-refractivity contribution < 1.29 is 4.79 Å². The average Bonchev–Trinajstić information content (AvgIpc) is 3.21. The first-order valence-electron chi connectivity index (χ1n) is 9.21. The predicted molar refractivity (Wildman–Crippen MR) is 117 cm³/mol. The molecule has 0 unspecified atom stereocenters. The van der Waals surface area contributed by atoms with Gasteiger partial charge in [0.15, 0.2) is 0 Å². The van der Waals surface area contributed by atoms with Crippen LogP contribution in [0.5, 0.6) is 0 Å². The lowest BCUT2D eigenvalue weighted by Crippen LogP contribution is -2.14. The molecule has 2 aromatic heterocycles. The Bertz CT molecular complexity index is 1170. The van der Waals surface area contributed by atoms with E-state index in [1.165, 1.54) is 0 Å². The molecule has 2 aromatic carbocycles. The topological polar surface area (TPSA) is 70.7 Å². The number of amides is 1. The number of benzene rings is 2. The third-order valence-electron chi connectivity index (χ3n) is 4.82. The Hall–Kier alpha value is -2.89. The van der Waals surface area contributed by atoms with Gasteiger partial charge in [0.1, 0.15) is 5.82 Å². The molecule has 0 saturated heterocycles. The summed E-state index contributed by atoms with van der Waals surface area (Å²) in [5.41, 5.74) is 3.84. The van der Waals surface area contributed by atoms with E-state index in [1.807, 2.05) is 30.6 Å². The molecule has 0 fully saturated rings. The second-order valence-electron chi connectivity index (χ2n) is 6.58. The van der Waals surface area contributed by atoms with Crippen molar-refractivity contribution in [2.75, 3.05) is 5.32 Å². The lowest BCUT2D eigenvalue weighted by molar-refractivity contribution is 0.102. The number of nitrogens with zero attached hydrogens (tertiary/aromatic N) is 2. The van der Waals surface area contributed by atoms with E-state index in [0.717, 1.165) is 28.8 Å². The van der Waals surface area contributed by atoms with Crippen LogP contribution in [0.15, 0.2) is 55.0 Å². The number of rotatable bonds is 5. The van der Waals surface area contributed by atoms with Crippen LogP contribution < -0.4 is 5.32 Å². The summed E-state index contributed by atoms with van der Waals surface area (Å²) in [5, 5.41) is 4.49. The van der Waals surface area contributed by atoms with Crippen molar-refractivity contribution in [3.63, 3.8) is 0 Å². The lowest BCUT2D eigenvalue weighted by Gasteiger charge is -2.14. The van der Waals surface area contributed by atoms with Gasteiger partial charge < -0.3 is 10.3 Å². The Morgan fingerprint density at radius 2 is 1.86 bits per heavy atom. The number of nitrogens with one attached hydrogen (secondary N) is 2. The summed E-state index contributed by atoms with van der Waals surface area (Å²) in [6.45, 7) is 2.10. The third-order valence-corrected chi connectivity index (χ3v) is 5.45. The van der Waals surface area contributed by atoms with E-state index in [1.54, 1.807) is 24.4 Å². The number of aryl methyl sites for hydroxylation is 1. The summed E-state index contributed by atoms with van der Waals surface area (Å²) in [4.78, 5) is 25.0. The van der Waals surface area contributed by atoms with E-state index in [4.69, 9.17) is 23.2 Å². The van der Waals surface area contributed by atoms with Gasteiger partial charge >= 0.3 is 0 Å². The molecule has 0 atom stereocenters. The van der Waals surface area contributed by atoms with Crippen molar-refractivity contribution in [1.29, 1.82) is 0 Å². The van der Waals surface area contributed by atoms with Gasteiger partial charge in [0.05, 0.1) is 26.8 Å². The average molecular weight is 425 g/mol. The van der Waals surface area contributed by atoms with Crippen molar-refractivity contribution in [2.24, 2.45) is 0 Å². The van der Waals surface area contributed by atoms with E-state index in [2.05, 4.69) is 27.2 Å². The van der Waals surface area contributed by atoms with Crippen LogP contribution in [0.1, 0.15) is 34.2 Å². The summed E-state index contributed by atoms with van der Waals surface area (Å²) in [7, 11) is 0. The molecule has 2 heterocycles. The second kappa shape index (κ2) is 8.23. The first-order chi connectivity index (χ1) is 14.1. The highest BCUT2D eigenvalue weighted by Crippen LogP contribution is 2.30. The number of H-pyrrole nitrogens is 1. The minimum Gasteiger partial charge on any atom is -0.348 e. The minimum absolute atomic E-state index is 0.244. The number of halogens is 2. The van der Waals surface area contributed by atoms with Crippen molar-refractivity contribution >= 4 is 45.7 Å². The largest absolute Gasteiger partial charge is 0.348 e. The van der Waals surface area contributed by atoms with Crippen molar-refractivity contribution in [3.05, 3.63) is 87.5 Å². The molecule has 4 aromatic rings. The van der Waals surface area contributed by atoms with E-state index in [9.17, 15) is 4.79 Å². The number of hydrogen-bond donors (Lipinski definition) is 2. The second-order valence-corrected chi connectivity index (χ2v) is 7.40. The van der Waals surface area contributed by atoms with Crippen molar-refractivity contribution in [1.82, 2.24) is 15.0 Å². The molecule has 0 saturated carbocycles. The van der Waals surface area contributed by atoms with Crippen LogP contribution in [0.4, 0.5) is 5.69 Å². The number of fused-ring (bicyclic) bond motifs is 1. The first kappa shape index (κ1) is 19.4. The first-order valence-corrected chi connectivity index (χ1v) is 9.97. The highest BCUT2D eigenvalue weighted by molar-refractivity contribution is 6.40. The molecular weight excluding hydrogens is 407 g/mol. The van der Waals surface area contributed by atoms with Crippen LogP contribution in [-0.4, -0.2) is 20.9 Å². The molecule has 0 aliphatic rings. The summed E-state index contributed by atoms with van der Waals surface area (Å²) >= 11 is 12.4. The Balaban J connectivity index is 1.77. The predicted octanol–water partition coefficient (Wildman–Crippen LogP) is 5.67. The van der Waals surface area contributed by atoms with Gasteiger partial charge in [-0.05, 0) is 35.7 Å². The molecule has 1 amide bonds. The van der Waals surface area contributed by atoms with Gasteiger partial charge in [-0.3, -0.25) is 9.78 Å². The maximum atomic E-state index is 12.8. The number of anilines is 1. The highest BCUT2D eigenvalue weighted by Gasteiger charge is 2.17. The molecule has 0 radical (unpaired) electrons. The van der Waals surface area contributed by atoms with Crippen LogP contribution >= 0.6 is 23.2 Å². The van der Waals surface area contributed by atoms with Crippen LogP contribution in [0, 0.1) is 0 Å². The molecule has 4 rings (SSSR count). The number of pyridine rings is 1. The van der Waals surface area contributed by atoms with Gasteiger partial charge in [0.25, 0.3) is 5.91 Å². The molecule has 146 valence electrons. The van der Waals surface area contributed by atoms with E-state index >= 15 is 0 Å². The zero-order valence-corrected chi connectivity index (χ0v) is 17.2. The Labute approximate surface area is 178 Å². The van der Waals surface area contributed by atoms with E-state index < -0.39 is 0 Å². The number of imidazole rings is 1. The highest BCUT2D eigenvalue weighted by atomic mass is 35.5. The number of hydrogen-bond acceptors (Lipinski definition) is 3. The molecular formula is C22H18Cl2N4O. The van der Waals surface area contributed by atoms with Gasteiger partial charge in [-0.15, -0.1) is 0 Å². The van der Waals surface area contributed by atoms with Crippen LogP contribution in [0.25, 0.3) is 10.9 Å². The quantitative estimate of drug-likeness (QED) is 0.433. The molecule has 0 spiro atoms. The fourth-order valence-corrected chi connectivity index (χ4v) is 3.96. The maximum absolute atomic E-state index is 12.8. The minimum atomic E-state index is -0.373. The normalized spacial score (nSPS) is 11.0. The van der Waals surface area contributed by atoms with Gasteiger partial charge in [-0.25, -0.2) is 4.98 Å². The van der Waals surface area contributed by atoms with Crippen molar-refractivity contribution in [2.45, 2.75) is 19.8 Å². The van der Waals surface area contributed by atoms with Gasteiger partial charge in [-0.2, -0.15) is 0 Å². The van der Waals surface area contributed by atoms with E-state index in [0.29, 0.717) is 27.7 Å². The van der Waals surface area contributed by atoms with E-state index in [-0.39, 0.29) is 11.5 Å². The maximum Gasteiger partial charge on any atom is 0.258 e. The summed E-state index contributed by atoms with van der Waals surface area (Å²) in [6, 6.07) is 10.7. The zero-order valence-electron chi connectivity index (χ0n) is 15.7. The summed E-state index contributed by atoms with van der Waals surface area (Å²) < 4.78 is 0. The summed E-state index contributed by atoms with van der Waals surface area (Å²) in [6.07, 6.45) is 6.92. The zero-order chi connectivity index (χ0) is 20.4. The van der Waals surface area contributed by atoms with Crippen LogP contribution in [0.2, 0.25) is 10.0 Å².